The third-order valence-electron chi connectivity index (χ3n) is 4.57. The molecule has 0 bridgehead atoms. The molecule has 128 valence electrons. The van der Waals surface area contributed by atoms with Gasteiger partial charge in [-0.2, -0.15) is 4.98 Å². The van der Waals surface area contributed by atoms with Gasteiger partial charge in [-0.1, -0.05) is 5.16 Å². The molecule has 2 fully saturated rings. The molecule has 1 N–H and O–H groups in total. The summed E-state index contributed by atoms with van der Waals surface area (Å²) in [6.45, 7) is 4.69. The number of alkyl halides is 1. The lowest BCUT2D eigenvalue weighted by molar-refractivity contribution is -0.125. The van der Waals surface area contributed by atoms with Crippen LogP contribution in [0.5, 0.6) is 0 Å². The van der Waals surface area contributed by atoms with Gasteiger partial charge in [0.2, 0.25) is 11.8 Å². The van der Waals surface area contributed by atoms with E-state index in [0.29, 0.717) is 57.4 Å². The second kappa shape index (κ2) is 6.92. The van der Waals surface area contributed by atoms with Crippen molar-refractivity contribution in [3.05, 3.63) is 11.7 Å². The number of carbonyl (C=O) groups excluding carboxylic acids is 1. The molecule has 3 rings (SSSR count). The number of nitrogens with zero attached hydrogens (tertiary/aromatic N) is 3. The molecule has 2 aliphatic heterocycles. The van der Waals surface area contributed by atoms with E-state index >= 15 is 0 Å². The average Bonchev–Trinajstić information content (AvgIpc) is 3.20. The third kappa shape index (κ3) is 4.26. The summed E-state index contributed by atoms with van der Waals surface area (Å²) in [5.41, 5.74) is -1.33. The lowest BCUT2D eigenvalue weighted by Crippen LogP contribution is -2.49. The molecule has 1 aromatic heterocycles. The Kier molecular flexibility index (Phi) is 4.91. The molecule has 1 atom stereocenters. The number of hydrogen-bond donors (Lipinski definition) is 1. The van der Waals surface area contributed by atoms with Gasteiger partial charge in [-0.05, 0) is 19.3 Å². The standard InChI is InChI=1S/C15H23FN4O3/c1-11-18-13(19-23-11)8-20-5-3-15(16,4-6-20)10-17-14(21)12-2-7-22-9-12/h12H,2-10H2,1H3,(H,17,21). The van der Waals surface area contributed by atoms with Crippen LogP contribution in [0.25, 0.3) is 0 Å². The lowest BCUT2D eigenvalue weighted by atomic mass is 9.93. The molecule has 8 heteroatoms. The van der Waals surface area contributed by atoms with Gasteiger partial charge in [-0.25, -0.2) is 4.39 Å². The van der Waals surface area contributed by atoms with Crippen LogP contribution in [-0.2, 0) is 16.1 Å². The quantitative estimate of drug-likeness (QED) is 0.863. The number of nitrogens with one attached hydrogen (secondary N) is 1. The predicted octanol–water partition coefficient (Wildman–Crippen LogP) is 0.835. The highest BCUT2D eigenvalue weighted by molar-refractivity contribution is 5.79. The fourth-order valence-electron chi connectivity index (χ4n) is 3.03. The minimum atomic E-state index is -1.33. The first-order valence-electron chi connectivity index (χ1n) is 8.10. The fraction of sp³-hybridized carbons (Fsp3) is 0.800. The molecule has 0 spiro atoms. The van der Waals surface area contributed by atoms with Crippen molar-refractivity contribution in [3.8, 4) is 0 Å². The number of likely N-dealkylation sites (tertiary alicyclic amines) is 1. The Morgan fingerprint density at radius 2 is 2.26 bits per heavy atom. The van der Waals surface area contributed by atoms with Gasteiger partial charge in [-0.15, -0.1) is 0 Å². The molecule has 0 radical (unpaired) electrons. The Balaban J connectivity index is 1.42. The van der Waals surface area contributed by atoms with Crippen molar-refractivity contribution in [2.45, 2.75) is 38.4 Å². The van der Waals surface area contributed by atoms with Crippen molar-refractivity contribution >= 4 is 5.91 Å². The third-order valence-corrected chi connectivity index (χ3v) is 4.57. The summed E-state index contributed by atoms with van der Waals surface area (Å²) in [4.78, 5) is 18.2. The highest BCUT2D eigenvalue weighted by Crippen LogP contribution is 2.27. The van der Waals surface area contributed by atoms with Crippen LogP contribution in [0.1, 0.15) is 31.0 Å². The second-order valence-electron chi connectivity index (χ2n) is 6.43. The van der Waals surface area contributed by atoms with E-state index in [4.69, 9.17) is 9.26 Å². The summed E-state index contributed by atoms with van der Waals surface area (Å²) in [5.74, 6) is 0.947. The number of carbonyl (C=O) groups is 1. The summed E-state index contributed by atoms with van der Waals surface area (Å²) in [6, 6.07) is 0. The zero-order valence-electron chi connectivity index (χ0n) is 13.4. The van der Waals surface area contributed by atoms with Gasteiger partial charge < -0.3 is 14.6 Å². The molecule has 0 saturated carbocycles. The van der Waals surface area contributed by atoms with Crippen LogP contribution >= 0.6 is 0 Å². The van der Waals surface area contributed by atoms with Crippen LogP contribution in [0.4, 0.5) is 4.39 Å². The van der Waals surface area contributed by atoms with Gasteiger partial charge in [0, 0.05) is 26.6 Å². The number of amides is 1. The van der Waals surface area contributed by atoms with Crippen molar-refractivity contribution in [2.75, 3.05) is 32.8 Å². The van der Waals surface area contributed by atoms with Gasteiger partial charge in [0.25, 0.3) is 0 Å². The van der Waals surface area contributed by atoms with Crippen molar-refractivity contribution in [3.63, 3.8) is 0 Å². The minimum absolute atomic E-state index is 0.0808. The Bertz CT molecular complexity index is 537. The first-order valence-corrected chi connectivity index (χ1v) is 8.10. The van der Waals surface area contributed by atoms with E-state index in [1.54, 1.807) is 6.92 Å². The van der Waals surface area contributed by atoms with Crippen LogP contribution in [0.2, 0.25) is 0 Å². The molecule has 23 heavy (non-hydrogen) atoms. The van der Waals surface area contributed by atoms with E-state index in [1.165, 1.54) is 0 Å². The van der Waals surface area contributed by atoms with E-state index in [9.17, 15) is 9.18 Å². The van der Waals surface area contributed by atoms with Crippen LogP contribution < -0.4 is 5.32 Å². The monoisotopic (exact) mass is 326 g/mol. The second-order valence-corrected chi connectivity index (χ2v) is 6.43. The topological polar surface area (TPSA) is 80.5 Å². The number of piperidine rings is 1. The molecule has 2 aliphatic rings. The van der Waals surface area contributed by atoms with E-state index in [0.717, 1.165) is 6.42 Å². The molecule has 3 heterocycles. The largest absolute Gasteiger partial charge is 0.381 e. The predicted molar refractivity (Wildman–Crippen MR) is 79.3 cm³/mol. The van der Waals surface area contributed by atoms with Crippen molar-refractivity contribution < 1.29 is 18.4 Å². The smallest absolute Gasteiger partial charge is 0.225 e. The molecule has 0 aliphatic carbocycles. The molecule has 0 aromatic carbocycles. The lowest BCUT2D eigenvalue weighted by Gasteiger charge is -2.36. The molecule has 1 amide bonds. The molecule has 1 unspecified atom stereocenters. The number of aromatic nitrogens is 2. The Morgan fingerprint density at radius 1 is 1.48 bits per heavy atom. The Labute approximate surface area is 134 Å². The maximum atomic E-state index is 14.8. The number of rotatable bonds is 5. The van der Waals surface area contributed by atoms with E-state index < -0.39 is 5.67 Å². The first kappa shape index (κ1) is 16.3. The zero-order chi connectivity index (χ0) is 16.3. The maximum absolute atomic E-state index is 14.8. The summed E-state index contributed by atoms with van der Waals surface area (Å²) < 4.78 is 24.9. The summed E-state index contributed by atoms with van der Waals surface area (Å²) in [6.07, 6.45) is 1.51. The number of halogens is 1. The van der Waals surface area contributed by atoms with Gasteiger partial charge in [0.05, 0.1) is 25.6 Å². The summed E-state index contributed by atoms with van der Waals surface area (Å²) >= 11 is 0. The Morgan fingerprint density at radius 3 is 2.87 bits per heavy atom. The van der Waals surface area contributed by atoms with Gasteiger partial charge >= 0.3 is 0 Å². The average molecular weight is 326 g/mol. The van der Waals surface area contributed by atoms with Gasteiger partial charge in [0.15, 0.2) is 5.82 Å². The van der Waals surface area contributed by atoms with E-state index in [1.807, 2.05) is 0 Å². The SMILES string of the molecule is Cc1nc(CN2CCC(F)(CNC(=O)C3CCOC3)CC2)no1. The van der Waals surface area contributed by atoms with Gasteiger partial charge in [0.1, 0.15) is 5.67 Å². The minimum Gasteiger partial charge on any atom is -0.381 e. The van der Waals surface area contributed by atoms with Crippen molar-refractivity contribution in [2.24, 2.45) is 5.92 Å². The van der Waals surface area contributed by atoms with Crippen LogP contribution in [0.3, 0.4) is 0 Å². The fourth-order valence-corrected chi connectivity index (χ4v) is 3.03. The first-order chi connectivity index (χ1) is 11.0. The molecular formula is C15H23FN4O3. The zero-order valence-corrected chi connectivity index (χ0v) is 13.4. The van der Waals surface area contributed by atoms with Crippen LogP contribution in [0, 0.1) is 12.8 Å². The normalized spacial score (nSPS) is 24.7. The molecule has 2 saturated heterocycles. The van der Waals surface area contributed by atoms with Crippen LogP contribution in [-0.4, -0.2) is 59.5 Å². The maximum Gasteiger partial charge on any atom is 0.225 e. The van der Waals surface area contributed by atoms with Crippen molar-refractivity contribution in [1.82, 2.24) is 20.4 Å². The molecular weight excluding hydrogens is 303 g/mol. The summed E-state index contributed by atoms with van der Waals surface area (Å²) in [5, 5.41) is 6.61. The van der Waals surface area contributed by atoms with Crippen molar-refractivity contribution in [1.29, 1.82) is 0 Å². The van der Waals surface area contributed by atoms with Gasteiger partial charge in [-0.3, -0.25) is 9.69 Å². The highest BCUT2D eigenvalue weighted by Gasteiger charge is 2.36. The Hall–Kier alpha value is -1.54. The van der Waals surface area contributed by atoms with E-state index in [-0.39, 0.29) is 18.4 Å². The summed E-state index contributed by atoms with van der Waals surface area (Å²) in [7, 11) is 0. The number of hydrogen-bond acceptors (Lipinski definition) is 6. The highest BCUT2D eigenvalue weighted by atomic mass is 19.1. The van der Waals surface area contributed by atoms with Crippen LogP contribution in [0.15, 0.2) is 4.52 Å². The molecule has 7 nitrogen and oxygen atoms in total. The van der Waals surface area contributed by atoms with E-state index in [2.05, 4.69) is 20.4 Å². The molecule has 1 aromatic rings. The number of ether oxygens (including phenoxy) is 1. The number of aryl methyl sites for hydroxylation is 1.